The summed E-state index contributed by atoms with van der Waals surface area (Å²) in [7, 11) is 0. The number of non-ortho nitro benzene ring substituents is 1. The first kappa shape index (κ1) is 16.2. The number of nitro groups is 1. The van der Waals surface area contributed by atoms with Crippen LogP contribution in [0.15, 0.2) is 54.1 Å². The Kier molecular flexibility index (Phi) is 5.07. The topological polar surface area (TPSA) is 96.0 Å². The summed E-state index contributed by atoms with van der Waals surface area (Å²) in [6.45, 7) is 0. The molecule has 0 spiro atoms. The smallest absolute Gasteiger partial charge is 0.269 e. The fraction of sp³-hybridized carbons (Fsp3) is 0. The van der Waals surface area contributed by atoms with Gasteiger partial charge >= 0.3 is 0 Å². The standard InChI is InChI=1S/C16H10ClN3O3/c17-13-2-1-3-14(9-13)19-16(21)12(10-18)8-11-4-6-15(7-5-11)20(22)23/h1-9H,(H,19,21)/b12-8+. The lowest BCUT2D eigenvalue weighted by molar-refractivity contribution is -0.384. The van der Waals surface area contributed by atoms with Gasteiger partial charge in [0.25, 0.3) is 11.6 Å². The maximum atomic E-state index is 12.1. The molecule has 1 N–H and O–H groups in total. The Balaban J connectivity index is 2.19. The third-order valence-electron chi connectivity index (χ3n) is 2.86. The Morgan fingerprint density at radius 3 is 2.52 bits per heavy atom. The van der Waals surface area contributed by atoms with E-state index in [0.717, 1.165) is 0 Å². The van der Waals surface area contributed by atoms with Crippen molar-refractivity contribution < 1.29 is 9.72 Å². The van der Waals surface area contributed by atoms with Crippen molar-refractivity contribution in [2.75, 3.05) is 5.32 Å². The highest BCUT2D eigenvalue weighted by atomic mass is 35.5. The largest absolute Gasteiger partial charge is 0.321 e. The number of amides is 1. The van der Waals surface area contributed by atoms with Crippen molar-refractivity contribution in [3.63, 3.8) is 0 Å². The van der Waals surface area contributed by atoms with E-state index in [1.807, 2.05) is 0 Å². The second-order valence-corrected chi connectivity index (χ2v) is 4.92. The van der Waals surface area contributed by atoms with Crippen LogP contribution < -0.4 is 5.32 Å². The average Bonchev–Trinajstić information content (AvgIpc) is 2.53. The van der Waals surface area contributed by atoms with Crippen molar-refractivity contribution >= 4 is 35.0 Å². The van der Waals surface area contributed by atoms with E-state index in [0.29, 0.717) is 16.3 Å². The number of hydrogen-bond acceptors (Lipinski definition) is 4. The predicted molar refractivity (Wildman–Crippen MR) is 86.8 cm³/mol. The van der Waals surface area contributed by atoms with Gasteiger partial charge in [0, 0.05) is 22.8 Å². The molecule has 0 saturated carbocycles. The van der Waals surface area contributed by atoms with Crippen molar-refractivity contribution in [1.82, 2.24) is 0 Å². The number of nitrogens with zero attached hydrogens (tertiary/aromatic N) is 2. The fourth-order valence-corrected chi connectivity index (χ4v) is 1.96. The average molecular weight is 328 g/mol. The van der Waals surface area contributed by atoms with Crippen LogP contribution in [0.2, 0.25) is 5.02 Å². The molecule has 0 radical (unpaired) electrons. The molecule has 0 aliphatic carbocycles. The van der Waals surface area contributed by atoms with E-state index >= 15 is 0 Å². The zero-order valence-corrected chi connectivity index (χ0v) is 12.4. The Morgan fingerprint density at radius 1 is 1.26 bits per heavy atom. The molecule has 1 amide bonds. The predicted octanol–water partition coefficient (Wildman–Crippen LogP) is 3.79. The first-order valence-electron chi connectivity index (χ1n) is 6.43. The van der Waals surface area contributed by atoms with Gasteiger partial charge in [-0.3, -0.25) is 14.9 Å². The van der Waals surface area contributed by atoms with Gasteiger partial charge in [0.15, 0.2) is 0 Å². The first-order chi connectivity index (χ1) is 11.0. The molecule has 7 heteroatoms. The monoisotopic (exact) mass is 327 g/mol. The number of nitriles is 1. The second kappa shape index (κ2) is 7.20. The van der Waals surface area contributed by atoms with Crippen molar-refractivity contribution in [3.8, 4) is 6.07 Å². The van der Waals surface area contributed by atoms with Gasteiger partial charge in [-0.05, 0) is 42.0 Å². The molecule has 0 aliphatic heterocycles. The lowest BCUT2D eigenvalue weighted by Crippen LogP contribution is -2.13. The third kappa shape index (κ3) is 4.40. The highest BCUT2D eigenvalue weighted by Crippen LogP contribution is 2.17. The van der Waals surface area contributed by atoms with Gasteiger partial charge in [-0.1, -0.05) is 17.7 Å². The molecule has 0 bridgehead atoms. The number of carbonyl (C=O) groups is 1. The van der Waals surface area contributed by atoms with Crippen molar-refractivity contribution in [1.29, 1.82) is 5.26 Å². The molecule has 0 fully saturated rings. The van der Waals surface area contributed by atoms with E-state index in [2.05, 4.69) is 5.32 Å². The molecule has 2 rings (SSSR count). The van der Waals surface area contributed by atoms with Crippen LogP contribution in [0.5, 0.6) is 0 Å². The van der Waals surface area contributed by atoms with E-state index in [1.165, 1.54) is 30.3 Å². The molecular formula is C16H10ClN3O3. The lowest BCUT2D eigenvalue weighted by atomic mass is 10.1. The van der Waals surface area contributed by atoms with Crippen LogP contribution in [0.4, 0.5) is 11.4 Å². The molecule has 2 aromatic rings. The number of rotatable bonds is 4. The Bertz CT molecular complexity index is 823. The minimum Gasteiger partial charge on any atom is -0.321 e. The molecule has 0 unspecified atom stereocenters. The summed E-state index contributed by atoms with van der Waals surface area (Å²) in [4.78, 5) is 22.2. The van der Waals surface area contributed by atoms with E-state index in [9.17, 15) is 14.9 Å². The fourth-order valence-electron chi connectivity index (χ4n) is 1.77. The van der Waals surface area contributed by atoms with Crippen molar-refractivity contribution in [2.45, 2.75) is 0 Å². The van der Waals surface area contributed by atoms with Gasteiger partial charge in [-0.25, -0.2) is 0 Å². The molecule has 0 atom stereocenters. The van der Waals surface area contributed by atoms with Crippen molar-refractivity contribution in [3.05, 3.63) is 74.8 Å². The van der Waals surface area contributed by atoms with Crippen molar-refractivity contribution in [2.24, 2.45) is 0 Å². The van der Waals surface area contributed by atoms with Crippen LogP contribution in [0.3, 0.4) is 0 Å². The zero-order chi connectivity index (χ0) is 16.8. The summed E-state index contributed by atoms with van der Waals surface area (Å²) in [5.74, 6) is -0.590. The number of nitrogens with one attached hydrogen (secondary N) is 1. The van der Waals surface area contributed by atoms with Crippen LogP contribution in [0, 0.1) is 21.4 Å². The Hall–Kier alpha value is -3.17. The summed E-state index contributed by atoms with van der Waals surface area (Å²) in [5.41, 5.74) is 0.781. The van der Waals surface area contributed by atoms with E-state index in [1.54, 1.807) is 30.3 Å². The van der Waals surface area contributed by atoms with Gasteiger partial charge < -0.3 is 5.32 Å². The van der Waals surface area contributed by atoms with E-state index < -0.39 is 10.8 Å². The summed E-state index contributed by atoms with van der Waals surface area (Å²) in [6.07, 6.45) is 1.35. The van der Waals surface area contributed by atoms with E-state index in [-0.39, 0.29) is 11.3 Å². The third-order valence-corrected chi connectivity index (χ3v) is 3.10. The van der Waals surface area contributed by atoms with Gasteiger partial charge in [0.1, 0.15) is 11.6 Å². The molecule has 114 valence electrons. The Morgan fingerprint density at radius 2 is 1.96 bits per heavy atom. The lowest BCUT2D eigenvalue weighted by Gasteiger charge is -2.04. The van der Waals surface area contributed by atoms with E-state index in [4.69, 9.17) is 16.9 Å². The number of halogens is 1. The maximum Gasteiger partial charge on any atom is 0.269 e. The van der Waals surface area contributed by atoms with Crippen LogP contribution in [-0.4, -0.2) is 10.8 Å². The zero-order valence-electron chi connectivity index (χ0n) is 11.7. The SMILES string of the molecule is N#C/C(=C\c1ccc([N+](=O)[O-])cc1)C(=O)Nc1cccc(Cl)c1. The molecule has 6 nitrogen and oxygen atoms in total. The first-order valence-corrected chi connectivity index (χ1v) is 6.80. The molecule has 0 aromatic heterocycles. The number of hydrogen-bond donors (Lipinski definition) is 1. The van der Waals surface area contributed by atoms with Crippen LogP contribution in [0.25, 0.3) is 6.08 Å². The number of benzene rings is 2. The summed E-state index contributed by atoms with van der Waals surface area (Å²) >= 11 is 5.83. The highest BCUT2D eigenvalue weighted by Gasteiger charge is 2.10. The van der Waals surface area contributed by atoms with Gasteiger partial charge in [-0.15, -0.1) is 0 Å². The summed E-state index contributed by atoms with van der Waals surface area (Å²) < 4.78 is 0. The normalized spacial score (nSPS) is 10.7. The van der Waals surface area contributed by atoms with Gasteiger partial charge in [0.2, 0.25) is 0 Å². The Labute approximate surface area is 136 Å². The molecule has 0 aliphatic rings. The summed E-state index contributed by atoms with van der Waals surface area (Å²) in [5, 5.41) is 22.7. The number of nitro benzene ring substituents is 1. The molecular weight excluding hydrogens is 318 g/mol. The van der Waals surface area contributed by atoms with Crippen LogP contribution in [0.1, 0.15) is 5.56 Å². The van der Waals surface area contributed by atoms with Crippen LogP contribution >= 0.6 is 11.6 Å². The maximum absolute atomic E-state index is 12.1. The quantitative estimate of drug-likeness (QED) is 0.400. The summed E-state index contributed by atoms with van der Waals surface area (Å²) in [6, 6.07) is 13.9. The second-order valence-electron chi connectivity index (χ2n) is 4.48. The molecule has 2 aromatic carbocycles. The number of anilines is 1. The molecule has 0 saturated heterocycles. The van der Waals surface area contributed by atoms with Crippen LogP contribution in [-0.2, 0) is 4.79 Å². The minimum absolute atomic E-state index is 0.0657. The highest BCUT2D eigenvalue weighted by molar-refractivity contribution is 6.31. The van der Waals surface area contributed by atoms with Gasteiger partial charge in [0.05, 0.1) is 4.92 Å². The molecule has 0 heterocycles. The number of carbonyl (C=O) groups excluding carboxylic acids is 1. The van der Waals surface area contributed by atoms with Gasteiger partial charge in [-0.2, -0.15) is 5.26 Å². The minimum atomic E-state index is -0.590. The molecule has 23 heavy (non-hydrogen) atoms.